The lowest BCUT2D eigenvalue weighted by atomic mass is 9.88. The van der Waals surface area contributed by atoms with Crippen LogP contribution in [0.3, 0.4) is 0 Å². The quantitative estimate of drug-likeness (QED) is 0.442. The Labute approximate surface area is 212 Å². The van der Waals surface area contributed by atoms with Gasteiger partial charge in [0.15, 0.2) is 6.61 Å². The molecule has 1 aliphatic carbocycles. The smallest absolute Gasteiger partial charge is 0.341 e. The predicted molar refractivity (Wildman–Crippen MR) is 132 cm³/mol. The number of hydrogen-bond acceptors (Lipinski definition) is 8. The van der Waals surface area contributed by atoms with E-state index in [0.717, 1.165) is 34.6 Å². The van der Waals surface area contributed by atoms with Crippen molar-refractivity contribution in [1.82, 2.24) is 4.90 Å². The predicted octanol–water partition coefficient (Wildman–Crippen LogP) is 3.85. The highest BCUT2D eigenvalue weighted by Gasteiger charge is 2.37. The zero-order chi connectivity index (χ0) is 26.1. The molecule has 9 nitrogen and oxygen atoms in total. The van der Waals surface area contributed by atoms with Crippen molar-refractivity contribution in [3.05, 3.63) is 50.9 Å². The Balaban J connectivity index is 1.45. The van der Waals surface area contributed by atoms with Gasteiger partial charge in [0.2, 0.25) is 0 Å². The van der Waals surface area contributed by atoms with Crippen LogP contribution in [0.25, 0.3) is 0 Å². The zero-order valence-electron chi connectivity index (χ0n) is 20.6. The molecule has 0 spiro atoms. The maximum atomic E-state index is 12.6. The van der Waals surface area contributed by atoms with Crippen LogP contribution >= 0.6 is 11.3 Å². The molecule has 0 saturated carbocycles. The number of carbonyl (C=O) groups excluding carboxylic acids is 5. The molecule has 1 aromatic heterocycles. The van der Waals surface area contributed by atoms with Crippen LogP contribution in [0.1, 0.15) is 86.0 Å². The Kier molecular flexibility index (Phi) is 7.26. The number of hydrogen-bond donors (Lipinski definition) is 1. The molecule has 0 saturated heterocycles. The zero-order valence-corrected chi connectivity index (χ0v) is 21.5. The van der Waals surface area contributed by atoms with Gasteiger partial charge in [-0.3, -0.25) is 19.3 Å². The number of fused-ring (bicyclic) bond motifs is 2. The topological polar surface area (TPSA) is 119 Å². The highest BCUT2D eigenvalue weighted by atomic mass is 32.1. The SMILES string of the molecule is CCOC(=O)c1c(NC(=O)COC(=O)c2ccc3c(c2)C(=O)N(C(C)C)C3=O)sc2c1CCC(C)C2. The molecular formula is C26H28N2O7S. The first-order chi connectivity index (χ1) is 17.1. The van der Waals surface area contributed by atoms with Gasteiger partial charge < -0.3 is 14.8 Å². The summed E-state index contributed by atoms with van der Waals surface area (Å²) in [7, 11) is 0. The molecule has 1 aromatic carbocycles. The number of ether oxygens (including phenoxy) is 2. The monoisotopic (exact) mass is 512 g/mol. The van der Waals surface area contributed by atoms with Crippen molar-refractivity contribution in [2.45, 2.75) is 53.0 Å². The average Bonchev–Trinajstić information content (AvgIpc) is 3.30. The fraction of sp³-hybridized carbons (Fsp3) is 0.423. The van der Waals surface area contributed by atoms with Crippen LogP contribution in [-0.2, 0) is 27.1 Å². The molecule has 4 rings (SSSR count). The van der Waals surface area contributed by atoms with Crippen molar-refractivity contribution in [2.75, 3.05) is 18.5 Å². The first-order valence-corrected chi connectivity index (χ1v) is 12.7. The van der Waals surface area contributed by atoms with Gasteiger partial charge in [-0.2, -0.15) is 0 Å². The minimum Gasteiger partial charge on any atom is -0.462 e. The fourth-order valence-electron chi connectivity index (χ4n) is 4.49. The second-order valence-electron chi connectivity index (χ2n) is 9.24. The van der Waals surface area contributed by atoms with E-state index in [1.165, 1.54) is 29.5 Å². The van der Waals surface area contributed by atoms with Gasteiger partial charge in [-0.05, 0) is 69.7 Å². The molecule has 36 heavy (non-hydrogen) atoms. The normalized spacial score (nSPS) is 16.6. The van der Waals surface area contributed by atoms with Crippen LogP contribution in [-0.4, -0.2) is 53.8 Å². The van der Waals surface area contributed by atoms with E-state index in [1.54, 1.807) is 20.8 Å². The van der Waals surface area contributed by atoms with Gasteiger partial charge in [-0.15, -0.1) is 11.3 Å². The molecule has 2 aromatic rings. The highest BCUT2D eigenvalue weighted by molar-refractivity contribution is 7.17. The van der Waals surface area contributed by atoms with Gasteiger partial charge in [-0.25, -0.2) is 9.59 Å². The maximum absolute atomic E-state index is 12.6. The van der Waals surface area contributed by atoms with Crippen molar-refractivity contribution in [3.8, 4) is 0 Å². The minimum absolute atomic E-state index is 0.0566. The molecule has 1 aliphatic heterocycles. The molecule has 2 aliphatic rings. The van der Waals surface area contributed by atoms with Gasteiger partial charge >= 0.3 is 11.9 Å². The number of benzene rings is 1. The summed E-state index contributed by atoms with van der Waals surface area (Å²) in [5.74, 6) is -2.28. The lowest BCUT2D eigenvalue weighted by molar-refractivity contribution is -0.119. The molecular weight excluding hydrogens is 484 g/mol. The number of rotatable bonds is 7. The lowest BCUT2D eigenvalue weighted by Gasteiger charge is -2.18. The third kappa shape index (κ3) is 4.77. The highest BCUT2D eigenvalue weighted by Crippen LogP contribution is 2.40. The summed E-state index contributed by atoms with van der Waals surface area (Å²) in [5.41, 5.74) is 1.70. The van der Waals surface area contributed by atoms with Crippen LogP contribution in [0.5, 0.6) is 0 Å². The van der Waals surface area contributed by atoms with Crippen molar-refractivity contribution < 1.29 is 33.4 Å². The largest absolute Gasteiger partial charge is 0.462 e. The molecule has 0 fully saturated rings. The van der Waals surface area contributed by atoms with Crippen LogP contribution in [0.2, 0.25) is 0 Å². The Morgan fingerprint density at radius 2 is 1.83 bits per heavy atom. The molecule has 0 radical (unpaired) electrons. The van der Waals surface area contributed by atoms with E-state index in [-0.39, 0.29) is 29.3 Å². The van der Waals surface area contributed by atoms with Gasteiger partial charge in [0.25, 0.3) is 17.7 Å². The van der Waals surface area contributed by atoms with Crippen LogP contribution in [0.4, 0.5) is 5.00 Å². The third-order valence-corrected chi connectivity index (χ3v) is 7.42. The molecule has 3 amide bonds. The molecule has 1 N–H and O–H groups in total. The number of esters is 2. The second kappa shape index (κ2) is 10.2. The standard InChI is InChI=1S/C26H28N2O7S/c1-5-34-26(33)21-17-8-6-14(4)10-19(17)36-22(21)27-20(29)12-35-25(32)15-7-9-16-18(11-15)24(31)28(13(2)3)23(16)30/h7,9,11,13-14H,5-6,8,10,12H2,1-4H3,(H,27,29). The summed E-state index contributed by atoms with van der Waals surface area (Å²) in [6.45, 7) is 6.96. The molecule has 1 unspecified atom stereocenters. The molecule has 2 heterocycles. The van der Waals surface area contributed by atoms with Gasteiger partial charge in [0.05, 0.1) is 28.9 Å². The Bertz CT molecular complexity index is 1260. The number of imide groups is 1. The van der Waals surface area contributed by atoms with E-state index >= 15 is 0 Å². The van der Waals surface area contributed by atoms with Crippen molar-refractivity contribution in [1.29, 1.82) is 0 Å². The number of carbonyl (C=O) groups is 5. The third-order valence-electron chi connectivity index (χ3n) is 6.25. The van der Waals surface area contributed by atoms with E-state index in [2.05, 4.69) is 12.2 Å². The number of nitrogens with one attached hydrogen (secondary N) is 1. The average molecular weight is 513 g/mol. The van der Waals surface area contributed by atoms with Crippen molar-refractivity contribution in [2.24, 2.45) is 5.92 Å². The second-order valence-corrected chi connectivity index (χ2v) is 10.3. The minimum atomic E-state index is -0.805. The van der Waals surface area contributed by atoms with Gasteiger partial charge in [0, 0.05) is 10.9 Å². The summed E-state index contributed by atoms with van der Waals surface area (Å²) >= 11 is 1.35. The Morgan fingerprint density at radius 3 is 2.53 bits per heavy atom. The number of anilines is 1. The first-order valence-electron chi connectivity index (χ1n) is 11.9. The first kappa shape index (κ1) is 25.6. The van der Waals surface area contributed by atoms with E-state index in [1.807, 2.05) is 0 Å². The van der Waals surface area contributed by atoms with Crippen molar-refractivity contribution in [3.63, 3.8) is 0 Å². The van der Waals surface area contributed by atoms with Crippen LogP contribution in [0.15, 0.2) is 18.2 Å². The molecule has 0 bridgehead atoms. The fourth-order valence-corrected chi connectivity index (χ4v) is 5.91. The van der Waals surface area contributed by atoms with Crippen LogP contribution < -0.4 is 5.32 Å². The Morgan fingerprint density at radius 1 is 1.11 bits per heavy atom. The number of nitrogens with zero attached hydrogens (tertiary/aromatic N) is 1. The molecule has 10 heteroatoms. The van der Waals surface area contributed by atoms with E-state index < -0.39 is 36.3 Å². The Hall–Kier alpha value is -3.53. The summed E-state index contributed by atoms with van der Waals surface area (Å²) in [6, 6.07) is 3.80. The summed E-state index contributed by atoms with van der Waals surface area (Å²) in [4.78, 5) is 65.0. The van der Waals surface area contributed by atoms with E-state index in [0.29, 0.717) is 16.5 Å². The lowest BCUT2D eigenvalue weighted by Crippen LogP contribution is -2.35. The van der Waals surface area contributed by atoms with Crippen LogP contribution in [0, 0.1) is 5.92 Å². The summed E-state index contributed by atoms with van der Waals surface area (Å²) < 4.78 is 10.4. The summed E-state index contributed by atoms with van der Waals surface area (Å²) in [5, 5.41) is 3.09. The maximum Gasteiger partial charge on any atom is 0.341 e. The molecule has 190 valence electrons. The molecule has 1 atom stereocenters. The van der Waals surface area contributed by atoms with Crippen molar-refractivity contribution >= 4 is 46.0 Å². The van der Waals surface area contributed by atoms with E-state index in [9.17, 15) is 24.0 Å². The number of amides is 3. The van der Waals surface area contributed by atoms with E-state index in [4.69, 9.17) is 9.47 Å². The number of thiophene rings is 1. The van der Waals surface area contributed by atoms with Gasteiger partial charge in [0.1, 0.15) is 5.00 Å². The van der Waals surface area contributed by atoms with Gasteiger partial charge in [-0.1, -0.05) is 6.92 Å². The summed E-state index contributed by atoms with van der Waals surface area (Å²) in [6.07, 6.45) is 2.51.